The highest BCUT2D eigenvalue weighted by Crippen LogP contribution is 2.38. The van der Waals surface area contributed by atoms with Crippen molar-refractivity contribution in [3.05, 3.63) is 53.6 Å². The zero-order chi connectivity index (χ0) is 28.2. The lowest BCUT2D eigenvalue weighted by Gasteiger charge is -2.28. The van der Waals surface area contributed by atoms with Crippen molar-refractivity contribution in [2.75, 3.05) is 23.8 Å². The normalized spacial score (nSPS) is 19.2. The number of rotatable bonds is 9. The van der Waals surface area contributed by atoms with Crippen molar-refractivity contribution < 1.29 is 24.2 Å². The fourth-order valence-corrected chi connectivity index (χ4v) is 5.56. The standard InChI is InChI=1S/C29H36N6O5/c1-18(2)15-34-17-31-14-23(34)16-40-29-32-26(30)25-27(33-29)39-12-11-35(28(25)38)22-9-7-21(8-10-22)20-5-3-19(4-6-20)13-24(36)37/h7-10,14,17-20H,3-6,11-13,15-16H2,1-2H3,(H,36,37)(H2,30,32,33). The van der Waals surface area contributed by atoms with E-state index in [4.69, 9.17) is 20.3 Å². The van der Waals surface area contributed by atoms with E-state index >= 15 is 0 Å². The summed E-state index contributed by atoms with van der Waals surface area (Å²) in [5.74, 6) is 0.178. The number of amides is 1. The van der Waals surface area contributed by atoms with Gasteiger partial charge < -0.3 is 29.8 Å². The Hall–Kier alpha value is -4.15. The number of ether oxygens (including phenoxy) is 2. The first-order chi connectivity index (χ1) is 19.3. The number of aliphatic carboxylic acids is 1. The van der Waals surface area contributed by atoms with Crippen molar-refractivity contribution in [1.29, 1.82) is 0 Å². The molecule has 1 saturated carbocycles. The van der Waals surface area contributed by atoms with Gasteiger partial charge in [-0.15, -0.1) is 0 Å². The molecule has 5 rings (SSSR count). The number of nitrogens with two attached hydrogens (primary N) is 1. The van der Waals surface area contributed by atoms with Gasteiger partial charge in [0.1, 0.15) is 24.6 Å². The number of carbonyl (C=O) groups is 2. The summed E-state index contributed by atoms with van der Waals surface area (Å²) in [6, 6.07) is 8.03. The van der Waals surface area contributed by atoms with Crippen LogP contribution in [0.5, 0.6) is 11.9 Å². The Morgan fingerprint density at radius 1 is 1.18 bits per heavy atom. The molecule has 40 heavy (non-hydrogen) atoms. The molecule has 1 aliphatic heterocycles. The van der Waals surface area contributed by atoms with Crippen molar-refractivity contribution in [1.82, 2.24) is 19.5 Å². The Bertz CT molecular complexity index is 1350. The molecule has 2 aromatic heterocycles. The summed E-state index contributed by atoms with van der Waals surface area (Å²) in [6.45, 7) is 5.85. The van der Waals surface area contributed by atoms with Crippen LogP contribution in [-0.4, -0.2) is 49.7 Å². The summed E-state index contributed by atoms with van der Waals surface area (Å²) in [4.78, 5) is 39.0. The van der Waals surface area contributed by atoms with E-state index in [0.29, 0.717) is 18.4 Å². The first-order valence-corrected chi connectivity index (χ1v) is 13.8. The van der Waals surface area contributed by atoms with Crippen LogP contribution in [0.4, 0.5) is 11.5 Å². The third-order valence-electron chi connectivity index (χ3n) is 7.59. The second kappa shape index (κ2) is 11.9. The molecule has 212 valence electrons. The van der Waals surface area contributed by atoms with Crippen molar-refractivity contribution in [2.24, 2.45) is 11.8 Å². The molecule has 3 heterocycles. The maximum atomic E-state index is 13.6. The lowest BCUT2D eigenvalue weighted by atomic mass is 9.77. The number of hydrogen-bond acceptors (Lipinski definition) is 8. The number of carboxylic acid groups (broad SMARTS) is 1. The molecule has 3 aromatic rings. The number of carbonyl (C=O) groups excluding carboxylic acids is 1. The van der Waals surface area contributed by atoms with Crippen molar-refractivity contribution in [2.45, 2.75) is 65.0 Å². The highest BCUT2D eigenvalue weighted by molar-refractivity contribution is 6.10. The van der Waals surface area contributed by atoms with Gasteiger partial charge >= 0.3 is 12.0 Å². The SMILES string of the molecule is CC(C)Cn1cncc1COc1nc(N)c2c(n1)OCCN(c1ccc(C3CCC(CC(=O)O)CC3)cc1)C2=O. The molecular formula is C29H36N6O5. The summed E-state index contributed by atoms with van der Waals surface area (Å²) in [5, 5.41) is 9.06. The zero-order valence-electron chi connectivity index (χ0n) is 23.0. The molecule has 3 N–H and O–H groups in total. The zero-order valence-corrected chi connectivity index (χ0v) is 23.0. The Labute approximate surface area is 233 Å². The summed E-state index contributed by atoms with van der Waals surface area (Å²) >= 11 is 0. The molecule has 2 aliphatic rings. The van der Waals surface area contributed by atoms with Gasteiger partial charge in [0.15, 0.2) is 0 Å². The number of anilines is 2. The number of nitrogens with zero attached hydrogens (tertiary/aromatic N) is 5. The van der Waals surface area contributed by atoms with Crippen LogP contribution in [0.15, 0.2) is 36.8 Å². The van der Waals surface area contributed by atoms with E-state index in [0.717, 1.165) is 43.6 Å². The lowest BCUT2D eigenvalue weighted by Crippen LogP contribution is -2.32. The molecule has 1 aliphatic carbocycles. The summed E-state index contributed by atoms with van der Waals surface area (Å²) in [6.07, 6.45) is 7.53. The molecule has 11 nitrogen and oxygen atoms in total. The molecule has 0 saturated heterocycles. The predicted octanol–water partition coefficient (Wildman–Crippen LogP) is 4.28. The second-order valence-corrected chi connectivity index (χ2v) is 11.0. The monoisotopic (exact) mass is 548 g/mol. The molecule has 0 unspecified atom stereocenters. The number of benzene rings is 1. The first kappa shape index (κ1) is 27.4. The van der Waals surface area contributed by atoms with Crippen LogP contribution in [0, 0.1) is 11.8 Å². The van der Waals surface area contributed by atoms with Crippen LogP contribution in [0.2, 0.25) is 0 Å². The molecule has 0 radical (unpaired) electrons. The molecule has 1 aromatic carbocycles. The fraction of sp³-hybridized carbons (Fsp3) is 0.483. The number of imidazole rings is 1. The van der Waals surface area contributed by atoms with E-state index in [1.54, 1.807) is 17.4 Å². The van der Waals surface area contributed by atoms with Gasteiger partial charge in [-0.25, -0.2) is 4.98 Å². The van der Waals surface area contributed by atoms with Gasteiger partial charge in [-0.2, -0.15) is 9.97 Å². The minimum absolute atomic E-state index is 0.00216. The molecule has 1 amide bonds. The van der Waals surface area contributed by atoms with Crippen LogP contribution in [0.1, 0.15) is 73.5 Å². The molecule has 11 heteroatoms. The Balaban J connectivity index is 1.26. The summed E-state index contributed by atoms with van der Waals surface area (Å²) in [7, 11) is 0. The smallest absolute Gasteiger partial charge is 0.322 e. The number of nitrogen functional groups attached to an aromatic ring is 1. The number of aromatic nitrogens is 4. The van der Waals surface area contributed by atoms with Crippen LogP contribution in [0.3, 0.4) is 0 Å². The highest BCUT2D eigenvalue weighted by Gasteiger charge is 2.30. The average molecular weight is 549 g/mol. The van der Waals surface area contributed by atoms with Gasteiger partial charge in [0.2, 0.25) is 5.88 Å². The molecule has 1 fully saturated rings. The van der Waals surface area contributed by atoms with E-state index in [-0.39, 0.29) is 54.7 Å². The van der Waals surface area contributed by atoms with Crippen LogP contribution in [-0.2, 0) is 17.9 Å². The summed E-state index contributed by atoms with van der Waals surface area (Å²) in [5.41, 5.74) is 9.18. The highest BCUT2D eigenvalue weighted by atomic mass is 16.5. The van der Waals surface area contributed by atoms with E-state index in [9.17, 15) is 9.59 Å². The summed E-state index contributed by atoms with van der Waals surface area (Å²) < 4.78 is 13.7. The van der Waals surface area contributed by atoms with E-state index in [1.165, 1.54) is 5.56 Å². The van der Waals surface area contributed by atoms with Crippen molar-refractivity contribution >= 4 is 23.4 Å². The van der Waals surface area contributed by atoms with Crippen molar-refractivity contribution in [3.8, 4) is 11.9 Å². The van der Waals surface area contributed by atoms with Gasteiger partial charge in [0.25, 0.3) is 5.91 Å². The van der Waals surface area contributed by atoms with Gasteiger partial charge in [-0.1, -0.05) is 26.0 Å². The Kier molecular flexibility index (Phi) is 8.18. The van der Waals surface area contributed by atoms with Gasteiger partial charge in [0, 0.05) is 18.7 Å². The van der Waals surface area contributed by atoms with Crippen LogP contribution < -0.4 is 20.1 Å². The quantitative estimate of drug-likeness (QED) is 0.400. The molecule has 0 spiro atoms. The Morgan fingerprint density at radius 2 is 1.93 bits per heavy atom. The number of carboxylic acids is 1. The number of hydrogen-bond donors (Lipinski definition) is 2. The average Bonchev–Trinajstić information content (AvgIpc) is 3.28. The number of fused-ring (bicyclic) bond motifs is 1. The predicted molar refractivity (Wildman–Crippen MR) is 148 cm³/mol. The van der Waals surface area contributed by atoms with Gasteiger partial charge in [0.05, 0.1) is 24.8 Å². The van der Waals surface area contributed by atoms with E-state index in [2.05, 4.69) is 40.9 Å². The lowest BCUT2D eigenvalue weighted by molar-refractivity contribution is -0.138. The Morgan fingerprint density at radius 3 is 2.62 bits per heavy atom. The molecular weight excluding hydrogens is 512 g/mol. The molecule has 0 atom stereocenters. The van der Waals surface area contributed by atoms with Gasteiger partial charge in [-0.3, -0.25) is 9.59 Å². The van der Waals surface area contributed by atoms with Crippen LogP contribution in [0.25, 0.3) is 0 Å². The maximum Gasteiger partial charge on any atom is 0.322 e. The largest absolute Gasteiger partial charge is 0.481 e. The minimum Gasteiger partial charge on any atom is -0.481 e. The van der Waals surface area contributed by atoms with E-state index in [1.807, 2.05) is 16.7 Å². The van der Waals surface area contributed by atoms with Gasteiger partial charge in [-0.05, 0) is 61.1 Å². The first-order valence-electron chi connectivity index (χ1n) is 13.8. The second-order valence-electron chi connectivity index (χ2n) is 11.0. The minimum atomic E-state index is -0.722. The fourth-order valence-electron chi connectivity index (χ4n) is 5.56. The third kappa shape index (κ3) is 6.19. The topological polar surface area (TPSA) is 146 Å². The maximum absolute atomic E-state index is 13.6. The van der Waals surface area contributed by atoms with Crippen molar-refractivity contribution in [3.63, 3.8) is 0 Å². The van der Waals surface area contributed by atoms with E-state index < -0.39 is 5.97 Å². The van der Waals surface area contributed by atoms with Crippen LogP contribution >= 0.6 is 0 Å². The molecule has 0 bridgehead atoms. The third-order valence-corrected chi connectivity index (χ3v) is 7.59.